The lowest BCUT2D eigenvalue weighted by Gasteiger charge is -2.26. The van der Waals surface area contributed by atoms with Crippen molar-refractivity contribution < 1.29 is 14.3 Å². The van der Waals surface area contributed by atoms with Gasteiger partial charge in [0.15, 0.2) is 0 Å². The third-order valence-electron chi connectivity index (χ3n) is 4.06. The molecule has 1 unspecified atom stereocenters. The average molecular weight is 334 g/mol. The Balaban J connectivity index is 1.85. The summed E-state index contributed by atoms with van der Waals surface area (Å²) in [7, 11) is 0. The molecule has 7 heteroatoms. The molecule has 132 valence electrons. The van der Waals surface area contributed by atoms with Crippen molar-refractivity contribution in [1.29, 1.82) is 0 Å². The van der Waals surface area contributed by atoms with Gasteiger partial charge in [-0.15, -0.1) is 0 Å². The van der Waals surface area contributed by atoms with Gasteiger partial charge in [-0.05, 0) is 25.5 Å². The molecule has 1 aromatic heterocycles. The van der Waals surface area contributed by atoms with Crippen LogP contribution in [-0.2, 0) is 4.74 Å². The van der Waals surface area contributed by atoms with Crippen molar-refractivity contribution in [3.05, 3.63) is 29.6 Å². The van der Waals surface area contributed by atoms with Crippen LogP contribution in [0.25, 0.3) is 0 Å². The Morgan fingerprint density at radius 1 is 1.33 bits per heavy atom. The Kier molecular flexibility index (Phi) is 7.14. The van der Waals surface area contributed by atoms with Crippen LogP contribution in [-0.4, -0.2) is 67.1 Å². The van der Waals surface area contributed by atoms with Crippen molar-refractivity contribution in [1.82, 2.24) is 20.5 Å². The number of carbonyl (C=O) groups is 2. The molecule has 0 saturated carbocycles. The Labute approximate surface area is 142 Å². The zero-order chi connectivity index (χ0) is 17.4. The van der Waals surface area contributed by atoms with Crippen molar-refractivity contribution in [2.24, 2.45) is 0 Å². The number of pyridine rings is 1. The molecule has 1 atom stereocenters. The highest BCUT2D eigenvalue weighted by Gasteiger charge is 2.14. The maximum atomic E-state index is 12.2. The van der Waals surface area contributed by atoms with Gasteiger partial charge in [0.2, 0.25) is 0 Å². The van der Waals surface area contributed by atoms with E-state index in [9.17, 15) is 9.59 Å². The molecular formula is C17H26N4O3. The molecule has 1 aromatic rings. The fourth-order valence-corrected chi connectivity index (χ4v) is 2.35. The van der Waals surface area contributed by atoms with Crippen LogP contribution in [0.4, 0.5) is 0 Å². The lowest BCUT2D eigenvalue weighted by atomic mass is 10.2. The first-order valence-corrected chi connectivity index (χ1v) is 8.45. The van der Waals surface area contributed by atoms with E-state index in [0.29, 0.717) is 12.1 Å². The minimum Gasteiger partial charge on any atom is -0.379 e. The van der Waals surface area contributed by atoms with Crippen molar-refractivity contribution >= 4 is 11.8 Å². The first-order chi connectivity index (χ1) is 11.6. The van der Waals surface area contributed by atoms with E-state index >= 15 is 0 Å². The standard InChI is InChI=1S/C17H26N4O3/c1-3-13(2)20-17(23)15-12-14(4-5-18-15)16(22)19-6-7-21-8-10-24-11-9-21/h4-5,12-13H,3,6-11H2,1-2H3,(H,19,22)(H,20,23). The summed E-state index contributed by atoms with van der Waals surface area (Å²) < 4.78 is 5.29. The Hall–Kier alpha value is -1.99. The van der Waals surface area contributed by atoms with Crippen LogP contribution in [0, 0.1) is 0 Å². The van der Waals surface area contributed by atoms with Crippen LogP contribution >= 0.6 is 0 Å². The summed E-state index contributed by atoms with van der Waals surface area (Å²) >= 11 is 0. The predicted molar refractivity (Wildman–Crippen MR) is 91.0 cm³/mol. The summed E-state index contributed by atoms with van der Waals surface area (Å²) in [5.41, 5.74) is 0.706. The fraction of sp³-hybridized carbons (Fsp3) is 0.588. The van der Waals surface area contributed by atoms with E-state index in [1.807, 2.05) is 13.8 Å². The smallest absolute Gasteiger partial charge is 0.270 e. The first-order valence-electron chi connectivity index (χ1n) is 8.45. The Bertz CT molecular complexity index is 559. The van der Waals surface area contributed by atoms with Crippen molar-refractivity contribution in [2.75, 3.05) is 39.4 Å². The summed E-state index contributed by atoms with van der Waals surface area (Å²) in [6.45, 7) is 8.56. The highest BCUT2D eigenvalue weighted by atomic mass is 16.5. The summed E-state index contributed by atoms with van der Waals surface area (Å²) in [6.07, 6.45) is 2.33. The van der Waals surface area contributed by atoms with Crippen molar-refractivity contribution in [3.63, 3.8) is 0 Å². The summed E-state index contributed by atoms with van der Waals surface area (Å²) in [5.74, 6) is -0.449. The summed E-state index contributed by atoms with van der Waals surface area (Å²) in [6, 6.07) is 3.22. The Morgan fingerprint density at radius 2 is 2.08 bits per heavy atom. The minimum absolute atomic E-state index is 0.0744. The molecule has 1 aliphatic rings. The molecule has 0 aromatic carbocycles. The van der Waals surface area contributed by atoms with Gasteiger partial charge in [0, 0.05) is 44.0 Å². The second-order valence-corrected chi connectivity index (χ2v) is 5.92. The third kappa shape index (κ3) is 5.58. The molecule has 1 saturated heterocycles. The zero-order valence-corrected chi connectivity index (χ0v) is 14.4. The SMILES string of the molecule is CCC(C)NC(=O)c1cc(C(=O)NCCN2CCOCC2)ccn1. The van der Waals surface area contributed by atoms with E-state index in [2.05, 4.69) is 20.5 Å². The summed E-state index contributed by atoms with van der Waals surface area (Å²) in [4.78, 5) is 30.6. The summed E-state index contributed by atoms with van der Waals surface area (Å²) in [5, 5.41) is 5.73. The molecule has 1 aliphatic heterocycles. The Morgan fingerprint density at radius 3 is 2.79 bits per heavy atom. The van der Waals surface area contributed by atoms with Gasteiger partial charge in [0.05, 0.1) is 13.2 Å². The van der Waals surface area contributed by atoms with Gasteiger partial charge in [-0.1, -0.05) is 6.92 Å². The minimum atomic E-state index is -0.257. The maximum Gasteiger partial charge on any atom is 0.270 e. The number of amides is 2. The lowest BCUT2D eigenvalue weighted by molar-refractivity contribution is 0.0383. The molecule has 2 amide bonds. The topological polar surface area (TPSA) is 83.6 Å². The molecule has 0 bridgehead atoms. The molecule has 0 radical (unpaired) electrons. The van der Waals surface area contributed by atoms with E-state index in [0.717, 1.165) is 39.3 Å². The van der Waals surface area contributed by atoms with Gasteiger partial charge in [0.1, 0.15) is 5.69 Å². The first kappa shape index (κ1) is 18.4. The monoisotopic (exact) mass is 334 g/mol. The molecule has 2 rings (SSSR count). The number of morpholine rings is 1. The van der Waals surface area contributed by atoms with Gasteiger partial charge in [-0.2, -0.15) is 0 Å². The van der Waals surface area contributed by atoms with Crippen LogP contribution in [0.1, 0.15) is 41.1 Å². The van der Waals surface area contributed by atoms with Gasteiger partial charge in [0.25, 0.3) is 11.8 Å². The molecule has 0 spiro atoms. The number of ether oxygens (including phenoxy) is 1. The third-order valence-corrected chi connectivity index (χ3v) is 4.06. The highest BCUT2D eigenvalue weighted by molar-refractivity contribution is 5.98. The number of nitrogens with zero attached hydrogens (tertiary/aromatic N) is 2. The second kappa shape index (κ2) is 9.34. The number of aromatic nitrogens is 1. The fourth-order valence-electron chi connectivity index (χ4n) is 2.35. The van der Waals surface area contributed by atoms with Gasteiger partial charge < -0.3 is 15.4 Å². The van der Waals surface area contributed by atoms with Crippen LogP contribution in [0.5, 0.6) is 0 Å². The lowest BCUT2D eigenvalue weighted by Crippen LogP contribution is -2.41. The molecule has 2 N–H and O–H groups in total. The number of hydrogen-bond acceptors (Lipinski definition) is 5. The van der Waals surface area contributed by atoms with E-state index in [1.54, 1.807) is 6.07 Å². The van der Waals surface area contributed by atoms with Crippen molar-refractivity contribution in [3.8, 4) is 0 Å². The quantitative estimate of drug-likeness (QED) is 0.766. The maximum absolute atomic E-state index is 12.2. The van der Waals surface area contributed by atoms with E-state index in [1.165, 1.54) is 12.3 Å². The van der Waals surface area contributed by atoms with E-state index < -0.39 is 0 Å². The molecule has 24 heavy (non-hydrogen) atoms. The normalized spacial score (nSPS) is 16.4. The number of nitrogens with one attached hydrogen (secondary N) is 2. The van der Waals surface area contributed by atoms with Crippen molar-refractivity contribution in [2.45, 2.75) is 26.3 Å². The van der Waals surface area contributed by atoms with E-state index in [-0.39, 0.29) is 23.6 Å². The van der Waals surface area contributed by atoms with Gasteiger partial charge in [-0.3, -0.25) is 19.5 Å². The van der Waals surface area contributed by atoms with Crippen LogP contribution in [0.2, 0.25) is 0 Å². The predicted octanol–water partition coefficient (Wildman–Crippen LogP) is 0.672. The second-order valence-electron chi connectivity index (χ2n) is 5.92. The number of carbonyl (C=O) groups excluding carboxylic acids is 2. The molecule has 7 nitrogen and oxygen atoms in total. The average Bonchev–Trinajstić information content (AvgIpc) is 2.62. The van der Waals surface area contributed by atoms with Gasteiger partial charge in [-0.25, -0.2) is 0 Å². The number of rotatable bonds is 7. The highest BCUT2D eigenvalue weighted by Crippen LogP contribution is 2.03. The van der Waals surface area contributed by atoms with Crippen LogP contribution in [0.3, 0.4) is 0 Å². The van der Waals surface area contributed by atoms with Gasteiger partial charge >= 0.3 is 0 Å². The number of hydrogen-bond donors (Lipinski definition) is 2. The molecule has 1 fully saturated rings. The molecular weight excluding hydrogens is 308 g/mol. The van der Waals surface area contributed by atoms with Crippen LogP contribution < -0.4 is 10.6 Å². The molecule has 0 aliphatic carbocycles. The van der Waals surface area contributed by atoms with Crippen LogP contribution in [0.15, 0.2) is 18.3 Å². The largest absolute Gasteiger partial charge is 0.379 e. The zero-order valence-electron chi connectivity index (χ0n) is 14.4. The molecule has 2 heterocycles. The van der Waals surface area contributed by atoms with E-state index in [4.69, 9.17) is 4.74 Å².